The number of hydrogen-bond donors (Lipinski definition) is 1. The molecule has 0 aliphatic carbocycles. The molecule has 0 spiro atoms. The Balaban J connectivity index is 2.08. The van der Waals surface area contributed by atoms with E-state index in [1.807, 2.05) is 0 Å². The molecule has 2 nitrogen and oxygen atoms in total. The van der Waals surface area contributed by atoms with Crippen LogP contribution < -0.4 is 10.2 Å². The van der Waals surface area contributed by atoms with E-state index in [9.17, 15) is 0 Å². The first-order valence-corrected chi connectivity index (χ1v) is 8.34. The first-order valence-electron chi connectivity index (χ1n) is 8.34. The SMILES string of the molecule is Cc1cc(N2CC(C)CC(C)C2)ccc1CNC(C)(C)C. The highest BCUT2D eigenvalue weighted by atomic mass is 15.1. The summed E-state index contributed by atoms with van der Waals surface area (Å²) in [5.41, 5.74) is 4.37. The van der Waals surface area contributed by atoms with E-state index in [1.165, 1.54) is 36.3 Å². The number of nitrogens with zero attached hydrogens (tertiary/aromatic N) is 1. The van der Waals surface area contributed by atoms with Crippen molar-refractivity contribution in [2.75, 3.05) is 18.0 Å². The van der Waals surface area contributed by atoms with Gasteiger partial charge in [0.25, 0.3) is 0 Å². The van der Waals surface area contributed by atoms with Crippen molar-refractivity contribution >= 4 is 5.69 Å². The molecule has 1 aromatic rings. The molecule has 1 aromatic carbocycles. The maximum atomic E-state index is 3.58. The number of hydrogen-bond acceptors (Lipinski definition) is 2. The Labute approximate surface area is 130 Å². The van der Waals surface area contributed by atoms with Gasteiger partial charge in [-0.25, -0.2) is 0 Å². The summed E-state index contributed by atoms with van der Waals surface area (Å²) in [6.07, 6.45) is 1.36. The normalized spacial score (nSPS) is 23.4. The molecule has 0 bridgehead atoms. The van der Waals surface area contributed by atoms with Crippen LogP contribution in [0.1, 0.15) is 52.2 Å². The van der Waals surface area contributed by atoms with E-state index in [0.717, 1.165) is 18.4 Å². The smallest absolute Gasteiger partial charge is 0.0369 e. The second-order valence-corrected chi connectivity index (χ2v) is 8.07. The van der Waals surface area contributed by atoms with Crippen LogP contribution in [0.4, 0.5) is 5.69 Å². The minimum Gasteiger partial charge on any atom is -0.371 e. The van der Waals surface area contributed by atoms with Crippen molar-refractivity contribution in [3.8, 4) is 0 Å². The lowest BCUT2D eigenvalue weighted by Gasteiger charge is -2.37. The Kier molecular flexibility index (Phi) is 4.98. The zero-order valence-corrected chi connectivity index (χ0v) is 14.7. The quantitative estimate of drug-likeness (QED) is 0.888. The third-order valence-corrected chi connectivity index (χ3v) is 4.37. The van der Waals surface area contributed by atoms with E-state index >= 15 is 0 Å². The van der Waals surface area contributed by atoms with Gasteiger partial charge in [0.2, 0.25) is 0 Å². The maximum Gasteiger partial charge on any atom is 0.0369 e. The highest BCUT2D eigenvalue weighted by Crippen LogP contribution is 2.27. The highest BCUT2D eigenvalue weighted by Gasteiger charge is 2.22. The second-order valence-electron chi connectivity index (χ2n) is 8.07. The van der Waals surface area contributed by atoms with Gasteiger partial charge in [-0.3, -0.25) is 0 Å². The van der Waals surface area contributed by atoms with Gasteiger partial charge in [-0.2, -0.15) is 0 Å². The highest BCUT2D eigenvalue weighted by molar-refractivity contribution is 5.51. The lowest BCUT2D eigenvalue weighted by molar-refractivity contribution is 0.357. The van der Waals surface area contributed by atoms with Crippen molar-refractivity contribution in [1.82, 2.24) is 5.32 Å². The van der Waals surface area contributed by atoms with Crippen LogP contribution in [-0.4, -0.2) is 18.6 Å². The fourth-order valence-electron chi connectivity index (χ4n) is 3.31. The topological polar surface area (TPSA) is 15.3 Å². The largest absolute Gasteiger partial charge is 0.371 e. The van der Waals surface area contributed by atoms with Crippen LogP contribution in [0.3, 0.4) is 0 Å². The summed E-state index contributed by atoms with van der Waals surface area (Å²) >= 11 is 0. The van der Waals surface area contributed by atoms with Gasteiger partial charge in [-0.15, -0.1) is 0 Å². The van der Waals surface area contributed by atoms with Crippen LogP contribution in [-0.2, 0) is 6.54 Å². The standard InChI is InChI=1S/C19H32N2/c1-14-9-15(2)13-21(12-14)18-8-7-17(16(3)10-18)11-20-19(4,5)6/h7-8,10,14-15,20H,9,11-13H2,1-6H3. The second kappa shape index (κ2) is 6.39. The molecule has 1 fully saturated rings. The summed E-state index contributed by atoms with van der Waals surface area (Å²) < 4.78 is 0. The zero-order chi connectivity index (χ0) is 15.6. The van der Waals surface area contributed by atoms with E-state index in [1.54, 1.807) is 0 Å². The van der Waals surface area contributed by atoms with Gasteiger partial charge in [-0.1, -0.05) is 19.9 Å². The van der Waals surface area contributed by atoms with Crippen LogP contribution >= 0.6 is 0 Å². The molecule has 1 aliphatic heterocycles. The van der Waals surface area contributed by atoms with Crippen molar-refractivity contribution < 1.29 is 0 Å². The fourth-order valence-corrected chi connectivity index (χ4v) is 3.31. The van der Waals surface area contributed by atoms with Gasteiger partial charge >= 0.3 is 0 Å². The van der Waals surface area contributed by atoms with E-state index in [2.05, 4.69) is 70.0 Å². The Hall–Kier alpha value is -1.02. The molecule has 1 N–H and O–H groups in total. The van der Waals surface area contributed by atoms with Gasteiger partial charge in [0, 0.05) is 30.9 Å². The number of nitrogens with one attached hydrogen (secondary N) is 1. The molecule has 0 radical (unpaired) electrons. The van der Waals surface area contributed by atoms with Crippen LogP contribution in [0.2, 0.25) is 0 Å². The van der Waals surface area contributed by atoms with E-state index < -0.39 is 0 Å². The van der Waals surface area contributed by atoms with Gasteiger partial charge in [0.1, 0.15) is 0 Å². The number of anilines is 1. The lowest BCUT2D eigenvalue weighted by Crippen LogP contribution is -2.38. The molecule has 1 saturated heterocycles. The van der Waals surface area contributed by atoms with E-state index in [-0.39, 0.29) is 5.54 Å². The molecule has 21 heavy (non-hydrogen) atoms. The summed E-state index contributed by atoms with van der Waals surface area (Å²) in [5.74, 6) is 1.60. The monoisotopic (exact) mass is 288 g/mol. The summed E-state index contributed by atoms with van der Waals surface area (Å²) in [6, 6.07) is 6.97. The van der Waals surface area contributed by atoms with Gasteiger partial charge in [0.05, 0.1) is 0 Å². The first kappa shape index (κ1) is 16.4. The Morgan fingerprint density at radius 3 is 2.29 bits per heavy atom. The van der Waals surface area contributed by atoms with Crippen LogP contribution in [0, 0.1) is 18.8 Å². The van der Waals surface area contributed by atoms with Crippen molar-refractivity contribution in [2.24, 2.45) is 11.8 Å². The van der Waals surface area contributed by atoms with Gasteiger partial charge < -0.3 is 10.2 Å². The minimum atomic E-state index is 0.169. The molecular weight excluding hydrogens is 256 g/mol. The first-order chi connectivity index (χ1) is 9.74. The van der Waals surface area contributed by atoms with Crippen molar-refractivity contribution in [2.45, 2.75) is 60.0 Å². The third-order valence-electron chi connectivity index (χ3n) is 4.37. The summed E-state index contributed by atoms with van der Waals surface area (Å²) in [5, 5.41) is 3.58. The predicted molar refractivity (Wildman–Crippen MR) is 92.9 cm³/mol. The fraction of sp³-hybridized carbons (Fsp3) is 0.684. The number of benzene rings is 1. The number of piperidine rings is 1. The molecule has 2 atom stereocenters. The summed E-state index contributed by atoms with van der Waals surface area (Å²) in [7, 11) is 0. The predicted octanol–water partition coefficient (Wildman–Crippen LogP) is 4.37. The molecule has 0 saturated carbocycles. The van der Waals surface area contributed by atoms with Crippen molar-refractivity contribution in [3.63, 3.8) is 0 Å². The van der Waals surface area contributed by atoms with Crippen LogP contribution in [0.5, 0.6) is 0 Å². The van der Waals surface area contributed by atoms with Gasteiger partial charge in [0.15, 0.2) is 0 Å². The molecule has 1 aliphatic rings. The Morgan fingerprint density at radius 2 is 1.76 bits per heavy atom. The summed E-state index contributed by atoms with van der Waals surface area (Å²) in [4.78, 5) is 2.56. The average molecular weight is 288 g/mol. The zero-order valence-electron chi connectivity index (χ0n) is 14.7. The Bertz CT molecular complexity index is 463. The van der Waals surface area contributed by atoms with Crippen molar-refractivity contribution in [1.29, 1.82) is 0 Å². The average Bonchev–Trinajstić information content (AvgIpc) is 2.35. The molecule has 2 rings (SSSR count). The van der Waals surface area contributed by atoms with E-state index in [0.29, 0.717) is 0 Å². The number of rotatable bonds is 3. The molecule has 0 amide bonds. The Morgan fingerprint density at radius 1 is 1.14 bits per heavy atom. The maximum absolute atomic E-state index is 3.58. The molecule has 118 valence electrons. The number of aryl methyl sites for hydroxylation is 1. The third kappa shape index (κ3) is 4.74. The molecule has 0 aromatic heterocycles. The molecule has 1 heterocycles. The minimum absolute atomic E-state index is 0.169. The van der Waals surface area contributed by atoms with Crippen LogP contribution in [0.25, 0.3) is 0 Å². The van der Waals surface area contributed by atoms with Crippen molar-refractivity contribution in [3.05, 3.63) is 29.3 Å². The van der Waals surface area contributed by atoms with Crippen LogP contribution in [0.15, 0.2) is 18.2 Å². The molecular formula is C19H32N2. The summed E-state index contributed by atoms with van der Waals surface area (Å²) in [6.45, 7) is 17.0. The van der Waals surface area contributed by atoms with Gasteiger partial charge in [-0.05, 0) is 69.2 Å². The lowest BCUT2D eigenvalue weighted by atomic mass is 9.91. The molecule has 2 unspecified atom stereocenters. The van der Waals surface area contributed by atoms with E-state index in [4.69, 9.17) is 0 Å². The molecule has 2 heteroatoms.